The van der Waals surface area contributed by atoms with Crippen molar-refractivity contribution in [3.05, 3.63) is 78.0 Å². The molecule has 1 saturated carbocycles. The molecule has 2 aliphatic rings. The molecule has 0 bridgehead atoms. The molecule has 1 unspecified atom stereocenters. The van der Waals surface area contributed by atoms with Gasteiger partial charge in [-0.3, -0.25) is 14.5 Å². The van der Waals surface area contributed by atoms with E-state index in [1.807, 2.05) is 44.2 Å². The van der Waals surface area contributed by atoms with Crippen molar-refractivity contribution >= 4 is 56.5 Å². The van der Waals surface area contributed by atoms with Crippen LogP contribution >= 0.6 is 11.3 Å². The number of carbonyl (C=O) groups excluding carboxylic acids is 3. The minimum Gasteiger partial charge on any atom is -0.439 e. The molecule has 1 aliphatic carbocycles. The average Bonchev–Trinajstić information content (AvgIpc) is 3.51. The largest absolute Gasteiger partial charge is 0.439 e. The summed E-state index contributed by atoms with van der Waals surface area (Å²) in [4.78, 5) is 50.3. The van der Waals surface area contributed by atoms with Gasteiger partial charge < -0.3 is 20.7 Å². The molecule has 0 saturated heterocycles. The fraction of sp³-hybridized carbons (Fsp3) is 0.233. The number of amides is 4. The highest BCUT2D eigenvalue weighted by molar-refractivity contribution is 7.21. The average molecular weight is 569 g/mol. The number of hydrogen-bond acceptors (Lipinski definition) is 7. The van der Waals surface area contributed by atoms with E-state index in [0.717, 1.165) is 18.4 Å². The molecule has 1 fully saturated rings. The molecule has 208 valence electrons. The first kappa shape index (κ1) is 26.5. The van der Waals surface area contributed by atoms with Crippen LogP contribution in [0.15, 0.2) is 67.5 Å². The van der Waals surface area contributed by atoms with E-state index in [0.29, 0.717) is 50.2 Å². The fourth-order valence-corrected chi connectivity index (χ4v) is 6.50. The van der Waals surface area contributed by atoms with Gasteiger partial charge >= 0.3 is 6.03 Å². The summed E-state index contributed by atoms with van der Waals surface area (Å²) in [5.74, 6) is 0.559. The van der Waals surface area contributed by atoms with Crippen LogP contribution in [0.2, 0.25) is 0 Å². The Morgan fingerprint density at radius 1 is 1.22 bits per heavy atom. The molecule has 4 amide bonds. The number of anilines is 3. The molecule has 41 heavy (non-hydrogen) atoms. The minimum atomic E-state index is -0.422. The van der Waals surface area contributed by atoms with Crippen molar-refractivity contribution in [1.82, 2.24) is 20.6 Å². The number of nitrogens with zero attached hydrogens (tertiary/aromatic N) is 3. The van der Waals surface area contributed by atoms with Crippen LogP contribution in [0.5, 0.6) is 11.6 Å². The molecular formula is C30H28N6O4S. The molecule has 2 atom stereocenters. The number of carbonyl (C=O) groups is 3. The Morgan fingerprint density at radius 2 is 2.02 bits per heavy atom. The molecule has 6 rings (SSSR count). The number of benzene rings is 1. The van der Waals surface area contributed by atoms with Crippen LogP contribution < -0.4 is 25.6 Å². The van der Waals surface area contributed by atoms with Crippen molar-refractivity contribution in [2.45, 2.75) is 44.7 Å². The van der Waals surface area contributed by atoms with Gasteiger partial charge in [-0.15, -0.1) is 11.3 Å². The monoisotopic (exact) mass is 568 g/mol. The van der Waals surface area contributed by atoms with Crippen LogP contribution in [0, 0.1) is 6.92 Å². The molecule has 0 radical (unpaired) electrons. The van der Waals surface area contributed by atoms with E-state index >= 15 is 0 Å². The summed E-state index contributed by atoms with van der Waals surface area (Å²) in [5, 5.41) is 9.68. The highest BCUT2D eigenvalue weighted by Gasteiger charge is 2.38. The molecule has 4 aromatic rings. The van der Waals surface area contributed by atoms with Crippen LogP contribution in [0.3, 0.4) is 0 Å². The van der Waals surface area contributed by atoms with E-state index in [-0.39, 0.29) is 17.9 Å². The van der Waals surface area contributed by atoms with Gasteiger partial charge in [-0.1, -0.05) is 24.8 Å². The minimum absolute atomic E-state index is 0.122. The normalized spacial score (nSPS) is 19.5. The van der Waals surface area contributed by atoms with Gasteiger partial charge in [0, 0.05) is 23.8 Å². The zero-order valence-corrected chi connectivity index (χ0v) is 23.4. The number of aromatic nitrogens is 2. The van der Waals surface area contributed by atoms with Gasteiger partial charge in [-0.25, -0.2) is 14.8 Å². The Hall–Kier alpha value is -4.77. The van der Waals surface area contributed by atoms with Crippen molar-refractivity contribution in [2.75, 3.05) is 10.2 Å². The molecule has 1 aliphatic heterocycles. The summed E-state index contributed by atoms with van der Waals surface area (Å²) in [6.45, 7) is 7.36. The molecule has 3 N–H and O–H groups in total. The maximum atomic E-state index is 13.5. The van der Waals surface area contributed by atoms with Crippen molar-refractivity contribution in [2.24, 2.45) is 0 Å². The lowest BCUT2D eigenvalue weighted by atomic mass is 10.00. The van der Waals surface area contributed by atoms with Crippen LogP contribution in [-0.2, 0) is 4.79 Å². The van der Waals surface area contributed by atoms with Gasteiger partial charge in [0.1, 0.15) is 15.5 Å². The number of ether oxygens (including phenoxy) is 1. The number of rotatable bonds is 7. The van der Waals surface area contributed by atoms with Crippen LogP contribution in [0.25, 0.3) is 10.2 Å². The first-order valence-corrected chi connectivity index (χ1v) is 14.0. The summed E-state index contributed by atoms with van der Waals surface area (Å²) in [6.07, 6.45) is 6.54. The Balaban J connectivity index is 1.27. The smallest absolute Gasteiger partial charge is 0.331 e. The molecule has 0 spiro atoms. The zero-order chi connectivity index (χ0) is 28.7. The number of thiophene rings is 1. The second kappa shape index (κ2) is 10.3. The third kappa shape index (κ3) is 5.00. The standard InChI is InChI=1S/C30H28N6O4S/c1-4-22(37)35-30(3)12-10-18(15-30)33-27(38)26-25-24-20(11-13-31-28(24)41-26)36(29(39)34-25)21-16-32-23(14-17(21)2)40-19-8-6-5-7-9-19/h4-9,11,13-14,16,18H,1,10,12,15H2,2-3H3,(H,33,38)(H,34,39)(H,35,37)/t18-,30?/m0/s1. The number of nitrogens with one attached hydrogen (secondary N) is 3. The maximum absolute atomic E-state index is 13.5. The lowest BCUT2D eigenvalue weighted by Gasteiger charge is -2.29. The maximum Gasteiger partial charge on any atom is 0.331 e. The number of pyridine rings is 2. The fourth-order valence-electron chi connectivity index (χ4n) is 5.48. The number of hydrogen-bond donors (Lipinski definition) is 3. The SMILES string of the molecule is C=CC(=O)NC1(C)CC[C@H](NC(=O)c2sc3nccc4c3c2NC(=O)N4c2cnc(Oc3ccccc3)cc2C)C1. The molecule has 11 heteroatoms. The lowest BCUT2D eigenvalue weighted by Crippen LogP contribution is -2.45. The van der Waals surface area contributed by atoms with Gasteiger partial charge in [0.25, 0.3) is 5.91 Å². The Kier molecular flexibility index (Phi) is 6.66. The molecule has 3 aromatic heterocycles. The number of para-hydroxylation sites is 1. The Labute approximate surface area is 240 Å². The summed E-state index contributed by atoms with van der Waals surface area (Å²) in [5.41, 5.74) is 2.02. The topological polar surface area (TPSA) is 126 Å². The van der Waals surface area contributed by atoms with Crippen molar-refractivity contribution in [3.8, 4) is 11.6 Å². The molecular weight excluding hydrogens is 540 g/mol. The highest BCUT2D eigenvalue weighted by atomic mass is 32.1. The second-order valence-electron chi connectivity index (χ2n) is 10.5. The van der Waals surface area contributed by atoms with Gasteiger partial charge in [0.15, 0.2) is 0 Å². The predicted molar refractivity (Wildman–Crippen MR) is 158 cm³/mol. The zero-order valence-electron chi connectivity index (χ0n) is 22.6. The third-order valence-corrected chi connectivity index (χ3v) is 8.50. The van der Waals surface area contributed by atoms with E-state index in [1.54, 1.807) is 29.4 Å². The van der Waals surface area contributed by atoms with E-state index in [2.05, 4.69) is 32.5 Å². The van der Waals surface area contributed by atoms with Gasteiger partial charge in [-0.05, 0) is 62.9 Å². The quantitative estimate of drug-likeness (QED) is 0.241. The van der Waals surface area contributed by atoms with Gasteiger partial charge in [-0.2, -0.15) is 0 Å². The van der Waals surface area contributed by atoms with E-state index in [1.165, 1.54) is 17.4 Å². The Morgan fingerprint density at radius 3 is 2.78 bits per heavy atom. The lowest BCUT2D eigenvalue weighted by molar-refractivity contribution is -0.118. The Bertz CT molecular complexity index is 1700. The van der Waals surface area contributed by atoms with Gasteiger partial charge in [0.05, 0.1) is 28.6 Å². The summed E-state index contributed by atoms with van der Waals surface area (Å²) < 4.78 is 5.86. The summed E-state index contributed by atoms with van der Waals surface area (Å²) in [6, 6.07) is 12.4. The second-order valence-corrected chi connectivity index (χ2v) is 11.5. The summed E-state index contributed by atoms with van der Waals surface area (Å²) >= 11 is 1.23. The molecule has 10 nitrogen and oxygen atoms in total. The van der Waals surface area contributed by atoms with E-state index < -0.39 is 11.6 Å². The van der Waals surface area contributed by atoms with Crippen LogP contribution in [0.4, 0.5) is 21.9 Å². The molecule has 1 aromatic carbocycles. The first-order valence-electron chi connectivity index (χ1n) is 13.2. The van der Waals surface area contributed by atoms with Crippen molar-refractivity contribution in [3.63, 3.8) is 0 Å². The number of aryl methyl sites for hydroxylation is 1. The van der Waals surface area contributed by atoms with Crippen molar-refractivity contribution < 1.29 is 19.1 Å². The van der Waals surface area contributed by atoms with Gasteiger partial charge in [0.2, 0.25) is 11.8 Å². The van der Waals surface area contributed by atoms with Crippen molar-refractivity contribution in [1.29, 1.82) is 0 Å². The number of urea groups is 1. The predicted octanol–water partition coefficient (Wildman–Crippen LogP) is 5.82. The van der Waals surface area contributed by atoms with Crippen LogP contribution in [0.1, 0.15) is 41.4 Å². The first-order chi connectivity index (χ1) is 19.7. The van der Waals surface area contributed by atoms with Crippen LogP contribution in [-0.4, -0.2) is 39.4 Å². The molecule has 4 heterocycles. The van der Waals surface area contributed by atoms with E-state index in [4.69, 9.17) is 4.74 Å². The third-order valence-electron chi connectivity index (χ3n) is 7.40. The van der Waals surface area contributed by atoms with E-state index in [9.17, 15) is 14.4 Å². The highest BCUT2D eigenvalue weighted by Crippen LogP contribution is 2.46. The summed E-state index contributed by atoms with van der Waals surface area (Å²) in [7, 11) is 0.